The van der Waals surface area contributed by atoms with Gasteiger partial charge in [-0.05, 0) is 44.8 Å². The van der Waals surface area contributed by atoms with E-state index in [4.69, 9.17) is 9.31 Å². The van der Waals surface area contributed by atoms with Crippen LogP contribution in [0.15, 0.2) is 12.1 Å². The molecule has 2 N–H and O–H groups in total. The monoisotopic (exact) mass is 279 g/mol. The summed E-state index contributed by atoms with van der Waals surface area (Å²) in [6.45, 7) is 7.84. The highest BCUT2D eigenvalue weighted by Gasteiger charge is 2.52. The first-order valence-electron chi connectivity index (χ1n) is 6.82. The van der Waals surface area contributed by atoms with Gasteiger partial charge in [-0.1, -0.05) is 6.07 Å². The predicted octanol–water partition coefficient (Wildman–Crippen LogP) is 1.41. The van der Waals surface area contributed by atoms with Crippen LogP contribution in [0, 0.1) is 5.82 Å². The zero-order valence-corrected chi connectivity index (χ0v) is 12.2. The SMILES string of the molecule is CC1(C)OB(c2cc(F)c3c(c2)CC(O)N3)OC1(C)C. The lowest BCUT2D eigenvalue weighted by molar-refractivity contribution is 0.00578. The van der Waals surface area contributed by atoms with Crippen LogP contribution in [0.1, 0.15) is 33.3 Å². The summed E-state index contributed by atoms with van der Waals surface area (Å²) in [5, 5.41) is 12.3. The largest absolute Gasteiger partial charge is 0.494 e. The molecule has 3 rings (SSSR count). The van der Waals surface area contributed by atoms with E-state index in [1.165, 1.54) is 6.07 Å². The van der Waals surface area contributed by atoms with Crippen LogP contribution in [0.25, 0.3) is 0 Å². The van der Waals surface area contributed by atoms with Gasteiger partial charge < -0.3 is 19.7 Å². The van der Waals surface area contributed by atoms with Gasteiger partial charge in [-0.2, -0.15) is 0 Å². The highest BCUT2D eigenvalue weighted by molar-refractivity contribution is 6.62. The second-order valence-electron chi connectivity index (χ2n) is 6.49. The van der Waals surface area contributed by atoms with E-state index in [9.17, 15) is 9.50 Å². The molecule has 1 unspecified atom stereocenters. The van der Waals surface area contributed by atoms with Crippen molar-refractivity contribution in [1.29, 1.82) is 0 Å². The second kappa shape index (κ2) is 4.19. The van der Waals surface area contributed by atoms with Crippen LogP contribution in [0.2, 0.25) is 0 Å². The van der Waals surface area contributed by atoms with Crippen LogP contribution in [0.5, 0.6) is 0 Å². The number of benzene rings is 1. The Morgan fingerprint density at radius 2 is 1.85 bits per heavy atom. The Morgan fingerprint density at radius 1 is 1.25 bits per heavy atom. The Bertz CT molecular complexity index is 546. The van der Waals surface area contributed by atoms with Gasteiger partial charge in [0.25, 0.3) is 0 Å². The molecule has 0 aromatic heterocycles. The van der Waals surface area contributed by atoms with E-state index in [1.807, 2.05) is 33.8 Å². The Hall–Kier alpha value is -1.11. The molecule has 0 saturated carbocycles. The van der Waals surface area contributed by atoms with Gasteiger partial charge in [-0.15, -0.1) is 0 Å². The summed E-state index contributed by atoms with van der Waals surface area (Å²) in [5.41, 5.74) is 0.867. The Kier molecular flexibility index (Phi) is 2.91. The maximum absolute atomic E-state index is 14.1. The number of rotatable bonds is 1. The van der Waals surface area contributed by atoms with Gasteiger partial charge in [-0.25, -0.2) is 4.39 Å². The number of fused-ring (bicyclic) bond motifs is 1. The van der Waals surface area contributed by atoms with Gasteiger partial charge in [0.05, 0.1) is 16.9 Å². The molecule has 1 aromatic carbocycles. The summed E-state index contributed by atoms with van der Waals surface area (Å²) >= 11 is 0. The highest BCUT2D eigenvalue weighted by atomic mass is 19.1. The molecule has 2 aliphatic heterocycles. The minimum Gasteiger partial charge on any atom is -0.399 e. The van der Waals surface area contributed by atoms with E-state index in [0.717, 1.165) is 5.56 Å². The molecule has 108 valence electrons. The van der Waals surface area contributed by atoms with Crippen molar-refractivity contribution in [1.82, 2.24) is 0 Å². The molecule has 0 radical (unpaired) electrons. The van der Waals surface area contributed by atoms with E-state index in [0.29, 0.717) is 17.6 Å². The molecular weight excluding hydrogens is 260 g/mol. The zero-order valence-electron chi connectivity index (χ0n) is 12.2. The molecular formula is C14H19BFNO3. The number of hydrogen-bond acceptors (Lipinski definition) is 4. The van der Waals surface area contributed by atoms with Crippen molar-refractivity contribution in [2.75, 3.05) is 5.32 Å². The molecule has 0 bridgehead atoms. The smallest absolute Gasteiger partial charge is 0.399 e. The molecule has 0 spiro atoms. The maximum Gasteiger partial charge on any atom is 0.494 e. The molecule has 2 aliphatic rings. The Morgan fingerprint density at radius 3 is 2.45 bits per heavy atom. The lowest BCUT2D eigenvalue weighted by atomic mass is 9.78. The summed E-state index contributed by atoms with van der Waals surface area (Å²) in [5.74, 6) is -0.385. The third-order valence-electron chi connectivity index (χ3n) is 4.44. The van der Waals surface area contributed by atoms with Crippen molar-refractivity contribution in [2.45, 2.75) is 51.5 Å². The van der Waals surface area contributed by atoms with Gasteiger partial charge in [0.1, 0.15) is 12.0 Å². The summed E-state index contributed by atoms with van der Waals surface area (Å²) in [6, 6.07) is 3.25. The predicted molar refractivity (Wildman–Crippen MR) is 75.4 cm³/mol. The number of hydrogen-bond donors (Lipinski definition) is 2. The number of nitrogens with one attached hydrogen (secondary N) is 1. The van der Waals surface area contributed by atoms with Gasteiger partial charge in [0.2, 0.25) is 0 Å². The minimum atomic E-state index is -0.729. The van der Waals surface area contributed by atoms with Crippen LogP contribution in [0.4, 0.5) is 10.1 Å². The first-order chi connectivity index (χ1) is 9.19. The number of anilines is 1. The van der Waals surface area contributed by atoms with E-state index in [1.54, 1.807) is 0 Å². The molecule has 1 saturated heterocycles. The molecule has 4 nitrogen and oxygen atoms in total. The fraction of sp³-hybridized carbons (Fsp3) is 0.571. The fourth-order valence-corrected chi connectivity index (χ4v) is 2.55. The van der Waals surface area contributed by atoms with Crippen LogP contribution in [0.3, 0.4) is 0 Å². The quantitative estimate of drug-likeness (QED) is 0.763. The molecule has 1 fully saturated rings. The standard InChI is InChI=1S/C14H19BFNO3/c1-13(2)14(3,4)20-15(19-13)9-5-8-6-11(18)17-12(8)10(16)7-9/h5,7,11,17-18H,6H2,1-4H3. The Balaban J connectivity index is 1.94. The van der Waals surface area contributed by atoms with Crippen molar-refractivity contribution in [3.8, 4) is 0 Å². The van der Waals surface area contributed by atoms with Gasteiger partial charge in [-0.3, -0.25) is 0 Å². The fourth-order valence-electron chi connectivity index (χ4n) is 2.55. The van der Waals surface area contributed by atoms with Crippen molar-refractivity contribution in [3.05, 3.63) is 23.5 Å². The summed E-state index contributed by atoms with van der Waals surface area (Å²) < 4.78 is 25.9. The Labute approximate surface area is 118 Å². The molecule has 0 amide bonds. The average molecular weight is 279 g/mol. The maximum atomic E-state index is 14.1. The normalized spacial score (nSPS) is 26.5. The molecule has 1 atom stereocenters. The van der Waals surface area contributed by atoms with Crippen LogP contribution < -0.4 is 10.8 Å². The van der Waals surface area contributed by atoms with E-state index in [-0.39, 0.29) is 5.82 Å². The summed E-state index contributed by atoms with van der Waals surface area (Å²) in [7, 11) is -0.586. The third-order valence-corrected chi connectivity index (χ3v) is 4.44. The van der Waals surface area contributed by atoms with Crippen LogP contribution in [-0.2, 0) is 15.7 Å². The number of aliphatic hydroxyl groups is 1. The van der Waals surface area contributed by atoms with Crippen molar-refractivity contribution >= 4 is 18.3 Å². The van der Waals surface area contributed by atoms with Crippen LogP contribution in [-0.4, -0.2) is 29.7 Å². The summed E-state index contributed by atoms with van der Waals surface area (Å²) in [4.78, 5) is 0. The van der Waals surface area contributed by atoms with Crippen molar-refractivity contribution in [3.63, 3.8) is 0 Å². The zero-order chi connectivity index (χ0) is 14.7. The highest BCUT2D eigenvalue weighted by Crippen LogP contribution is 2.37. The van der Waals surface area contributed by atoms with Crippen molar-refractivity contribution < 1.29 is 18.8 Å². The van der Waals surface area contributed by atoms with E-state index >= 15 is 0 Å². The first-order valence-corrected chi connectivity index (χ1v) is 6.82. The van der Waals surface area contributed by atoms with Gasteiger partial charge in [0, 0.05) is 6.42 Å². The van der Waals surface area contributed by atoms with Crippen LogP contribution >= 0.6 is 0 Å². The average Bonchev–Trinajstić information content (AvgIpc) is 2.77. The second-order valence-corrected chi connectivity index (χ2v) is 6.49. The first kappa shape index (κ1) is 13.9. The van der Waals surface area contributed by atoms with E-state index < -0.39 is 24.5 Å². The molecule has 2 heterocycles. The number of aliphatic hydroxyl groups excluding tert-OH is 1. The van der Waals surface area contributed by atoms with Gasteiger partial charge >= 0.3 is 7.12 Å². The summed E-state index contributed by atoms with van der Waals surface area (Å²) in [6.07, 6.45) is -0.340. The lowest BCUT2D eigenvalue weighted by Crippen LogP contribution is -2.41. The topological polar surface area (TPSA) is 50.7 Å². The molecule has 20 heavy (non-hydrogen) atoms. The minimum absolute atomic E-state index is 0.373. The van der Waals surface area contributed by atoms with Gasteiger partial charge in [0.15, 0.2) is 0 Å². The van der Waals surface area contributed by atoms with E-state index in [2.05, 4.69) is 5.32 Å². The molecule has 0 aliphatic carbocycles. The third kappa shape index (κ3) is 2.03. The molecule has 6 heteroatoms. The number of halogens is 1. The molecule has 1 aromatic rings. The lowest BCUT2D eigenvalue weighted by Gasteiger charge is -2.32. The van der Waals surface area contributed by atoms with Crippen molar-refractivity contribution in [2.24, 2.45) is 0 Å².